The fourth-order valence-corrected chi connectivity index (χ4v) is 3.53. The largest absolute Gasteiger partial charge is 0.480 e. The molecule has 0 saturated carbocycles. The zero-order chi connectivity index (χ0) is 14.7. The van der Waals surface area contributed by atoms with Crippen LogP contribution in [0.3, 0.4) is 0 Å². The van der Waals surface area contributed by atoms with Crippen molar-refractivity contribution >= 4 is 29.3 Å². The van der Waals surface area contributed by atoms with Gasteiger partial charge in [0, 0.05) is 17.9 Å². The van der Waals surface area contributed by atoms with Crippen molar-refractivity contribution in [2.45, 2.75) is 31.2 Å². The molecule has 108 valence electrons. The number of nitrogen functional groups attached to an aromatic ring is 1. The molecular formula is C14H18N2O3S. The maximum atomic E-state index is 12.3. The lowest BCUT2D eigenvalue weighted by molar-refractivity contribution is -0.148. The van der Waals surface area contributed by atoms with E-state index in [0.29, 0.717) is 17.9 Å². The van der Waals surface area contributed by atoms with Crippen LogP contribution >= 0.6 is 11.8 Å². The van der Waals surface area contributed by atoms with Gasteiger partial charge in [0.05, 0.1) is 5.37 Å². The molecule has 6 heteroatoms. The number of thioether (sulfide) groups is 1. The first-order chi connectivity index (χ1) is 9.50. The maximum absolute atomic E-state index is 12.3. The SMILES string of the molecule is CC1SCC(C(=O)O)N1C(=O)CCc1ccccc1N. The molecule has 2 unspecified atom stereocenters. The van der Waals surface area contributed by atoms with Gasteiger partial charge in [-0.05, 0) is 25.0 Å². The van der Waals surface area contributed by atoms with Crippen LogP contribution < -0.4 is 5.73 Å². The number of carboxylic acids is 1. The van der Waals surface area contributed by atoms with Crippen molar-refractivity contribution in [2.75, 3.05) is 11.5 Å². The molecule has 0 spiro atoms. The first-order valence-corrected chi connectivity index (χ1v) is 7.54. The number of aryl methyl sites for hydroxylation is 1. The number of amides is 1. The van der Waals surface area contributed by atoms with Crippen LogP contribution in [0.2, 0.25) is 0 Å². The zero-order valence-corrected chi connectivity index (χ0v) is 12.1. The lowest BCUT2D eigenvalue weighted by atomic mass is 10.1. The molecule has 1 heterocycles. The lowest BCUT2D eigenvalue weighted by Crippen LogP contribution is -2.44. The molecule has 2 rings (SSSR count). The minimum Gasteiger partial charge on any atom is -0.480 e. The molecule has 1 amide bonds. The summed E-state index contributed by atoms with van der Waals surface area (Å²) in [5, 5.41) is 9.07. The van der Waals surface area contributed by atoms with Gasteiger partial charge in [0.15, 0.2) is 0 Å². The van der Waals surface area contributed by atoms with Gasteiger partial charge in [-0.2, -0.15) is 0 Å². The number of rotatable bonds is 4. The van der Waals surface area contributed by atoms with Gasteiger partial charge in [-0.25, -0.2) is 4.79 Å². The molecule has 1 aliphatic rings. The summed E-state index contributed by atoms with van der Waals surface area (Å²) in [5.74, 6) is -0.608. The highest BCUT2D eigenvalue weighted by Gasteiger charge is 2.38. The van der Waals surface area contributed by atoms with E-state index in [2.05, 4.69) is 0 Å². The van der Waals surface area contributed by atoms with Crippen LogP contribution in [-0.2, 0) is 16.0 Å². The molecule has 0 bridgehead atoms. The monoisotopic (exact) mass is 294 g/mol. The number of aliphatic carboxylic acids is 1. The molecule has 0 aliphatic carbocycles. The third kappa shape index (κ3) is 3.07. The second-order valence-electron chi connectivity index (χ2n) is 4.79. The summed E-state index contributed by atoms with van der Waals surface area (Å²) >= 11 is 1.49. The van der Waals surface area contributed by atoms with Gasteiger partial charge in [-0.3, -0.25) is 4.79 Å². The predicted molar refractivity (Wildman–Crippen MR) is 79.4 cm³/mol. The molecule has 3 N–H and O–H groups in total. The van der Waals surface area contributed by atoms with E-state index in [9.17, 15) is 9.59 Å². The van der Waals surface area contributed by atoms with Gasteiger partial charge in [0.1, 0.15) is 6.04 Å². The predicted octanol–water partition coefficient (Wildman–Crippen LogP) is 1.58. The van der Waals surface area contributed by atoms with E-state index >= 15 is 0 Å². The molecule has 1 aromatic rings. The number of para-hydroxylation sites is 1. The van der Waals surface area contributed by atoms with E-state index in [4.69, 9.17) is 10.8 Å². The third-order valence-electron chi connectivity index (χ3n) is 3.46. The molecule has 1 aliphatic heterocycles. The molecule has 0 radical (unpaired) electrons. The Hall–Kier alpha value is -1.69. The van der Waals surface area contributed by atoms with Gasteiger partial charge in [0.2, 0.25) is 5.91 Å². The Morgan fingerprint density at radius 1 is 1.45 bits per heavy atom. The number of benzene rings is 1. The number of nitrogens with two attached hydrogens (primary N) is 1. The van der Waals surface area contributed by atoms with Gasteiger partial charge in [-0.15, -0.1) is 11.8 Å². The minimum absolute atomic E-state index is 0.0864. The van der Waals surface area contributed by atoms with Crippen molar-refractivity contribution in [1.82, 2.24) is 4.90 Å². The summed E-state index contributed by atoms with van der Waals surface area (Å²) in [4.78, 5) is 24.9. The smallest absolute Gasteiger partial charge is 0.327 e. The highest BCUT2D eigenvalue weighted by Crippen LogP contribution is 2.29. The van der Waals surface area contributed by atoms with Gasteiger partial charge in [-0.1, -0.05) is 18.2 Å². The average molecular weight is 294 g/mol. The highest BCUT2D eigenvalue weighted by molar-refractivity contribution is 8.00. The molecule has 5 nitrogen and oxygen atoms in total. The Balaban J connectivity index is 2.01. The first kappa shape index (κ1) is 14.7. The Morgan fingerprint density at radius 3 is 2.80 bits per heavy atom. The molecule has 2 atom stereocenters. The lowest BCUT2D eigenvalue weighted by Gasteiger charge is -2.25. The van der Waals surface area contributed by atoms with Gasteiger partial charge in [0.25, 0.3) is 0 Å². The van der Waals surface area contributed by atoms with Crippen LogP contribution in [0.5, 0.6) is 0 Å². The molecule has 1 fully saturated rings. The number of carbonyl (C=O) groups excluding carboxylic acids is 1. The van der Waals surface area contributed by atoms with Crippen molar-refractivity contribution in [3.8, 4) is 0 Å². The summed E-state index contributed by atoms with van der Waals surface area (Å²) in [5.41, 5.74) is 7.43. The van der Waals surface area contributed by atoms with E-state index in [0.717, 1.165) is 5.56 Å². The van der Waals surface area contributed by atoms with Crippen LogP contribution in [0.15, 0.2) is 24.3 Å². The fraction of sp³-hybridized carbons (Fsp3) is 0.429. The second kappa shape index (κ2) is 6.17. The first-order valence-electron chi connectivity index (χ1n) is 6.49. The second-order valence-corrected chi connectivity index (χ2v) is 6.14. The van der Waals surface area contributed by atoms with Crippen molar-refractivity contribution in [3.63, 3.8) is 0 Å². The van der Waals surface area contributed by atoms with Gasteiger partial charge < -0.3 is 15.7 Å². The van der Waals surface area contributed by atoms with Crippen LogP contribution in [0.25, 0.3) is 0 Å². The number of nitrogens with zero attached hydrogens (tertiary/aromatic N) is 1. The van der Waals surface area contributed by atoms with Crippen molar-refractivity contribution in [2.24, 2.45) is 0 Å². The van der Waals surface area contributed by atoms with E-state index in [1.54, 1.807) is 6.07 Å². The average Bonchev–Trinajstić information content (AvgIpc) is 2.79. The van der Waals surface area contributed by atoms with Crippen LogP contribution in [-0.4, -0.2) is 39.1 Å². The zero-order valence-electron chi connectivity index (χ0n) is 11.3. The van der Waals surface area contributed by atoms with E-state index in [1.165, 1.54) is 16.7 Å². The van der Waals surface area contributed by atoms with Crippen LogP contribution in [0.4, 0.5) is 5.69 Å². The molecule has 0 aromatic heterocycles. The van der Waals surface area contributed by atoms with Crippen LogP contribution in [0.1, 0.15) is 18.9 Å². The van der Waals surface area contributed by atoms with E-state index < -0.39 is 12.0 Å². The Bertz CT molecular complexity index is 521. The fourth-order valence-electron chi connectivity index (χ4n) is 2.34. The highest BCUT2D eigenvalue weighted by atomic mass is 32.2. The minimum atomic E-state index is -0.936. The molecule has 1 aromatic carbocycles. The summed E-state index contributed by atoms with van der Waals surface area (Å²) in [6.45, 7) is 1.86. The molecule has 1 saturated heterocycles. The number of carboxylic acid groups (broad SMARTS) is 1. The van der Waals surface area contributed by atoms with Crippen molar-refractivity contribution in [1.29, 1.82) is 0 Å². The van der Waals surface area contributed by atoms with Crippen molar-refractivity contribution in [3.05, 3.63) is 29.8 Å². The number of anilines is 1. The summed E-state index contributed by atoms with van der Waals surface area (Å²) < 4.78 is 0. The maximum Gasteiger partial charge on any atom is 0.327 e. The van der Waals surface area contributed by atoms with Crippen LogP contribution in [0, 0.1) is 0 Å². The van der Waals surface area contributed by atoms with Gasteiger partial charge >= 0.3 is 5.97 Å². The Morgan fingerprint density at radius 2 is 2.15 bits per heavy atom. The normalized spacial score (nSPS) is 21.9. The summed E-state index contributed by atoms with van der Waals surface area (Å²) in [6.07, 6.45) is 0.814. The van der Waals surface area contributed by atoms with E-state index in [-0.39, 0.29) is 17.7 Å². The van der Waals surface area contributed by atoms with E-state index in [1.807, 2.05) is 25.1 Å². The molecular weight excluding hydrogens is 276 g/mol. The number of hydrogen-bond donors (Lipinski definition) is 2. The molecule has 20 heavy (non-hydrogen) atoms. The Kier molecular flexibility index (Phi) is 4.54. The van der Waals surface area contributed by atoms with Crippen molar-refractivity contribution < 1.29 is 14.7 Å². The standard InChI is InChI=1S/C14H18N2O3S/c1-9-16(12(8-20-9)14(18)19)13(17)7-6-10-4-2-3-5-11(10)15/h2-5,9,12H,6-8,15H2,1H3,(H,18,19). The third-order valence-corrected chi connectivity index (χ3v) is 4.68. The summed E-state index contributed by atoms with van der Waals surface area (Å²) in [6, 6.07) is 6.70. The summed E-state index contributed by atoms with van der Waals surface area (Å²) in [7, 11) is 0. The Labute approximate surface area is 122 Å². The number of carbonyl (C=O) groups is 2. The quantitative estimate of drug-likeness (QED) is 0.824. The number of hydrogen-bond acceptors (Lipinski definition) is 4. The topological polar surface area (TPSA) is 83.6 Å².